The molecule has 24 heavy (non-hydrogen) atoms. The maximum Gasteiger partial charge on any atom is 0.274 e. The second kappa shape index (κ2) is 7.74. The average molecular weight is 328 g/mol. The van der Waals surface area contributed by atoms with E-state index in [4.69, 9.17) is 4.74 Å². The highest BCUT2D eigenvalue weighted by atomic mass is 16.5. The van der Waals surface area contributed by atoms with E-state index in [1.165, 1.54) is 12.1 Å². The fraction of sp³-hybridized carbons (Fsp3) is 0.353. The monoisotopic (exact) mass is 328 g/mol. The number of ether oxygens (including phenoxy) is 1. The molecule has 0 unspecified atom stereocenters. The fourth-order valence-electron chi connectivity index (χ4n) is 2.61. The first-order chi connectivity index (χ1) is 11.7. The maximum atomic E-state index is 12.3. The van der Waals surface area contributed by atoms with E-state index < -0.39 is 0 Å². The summed E-state index contributed by atoms with van der Waals surface area (Å²) in [5.74, 6) is 0.724. The number of para-hydroxylation sites is 1. The zero-order chi connectivity index (χ0) is 16.8. The van der Waals surface area contributed by atoms with Gasteiger partial charge in [0, 0.05) is 38.8 Å². The van der Waals surface area contributed by atoms with Gasteiger partial charge < -0.3 is 9.64 Å². The molecule has 1 aliphatic rings. The van der Waals surface area contributed by atoms with E-state index in [0.29, 0.717) is 19.7 Å². The minimum Gasteiger partial charge on any atom is -0.492 e. The molecule has 0 radical (unpaired) electrons. The number of carbonyl (C=O) groups is 1. The molecule has 1 aliphatic heterocycles. The van der Waals surface area contributed by atoms with Crippen LogP contribution in [0.3, 0.4) is 0 Å². The average Bonchev–Trinajstić information content (AvgIpc) is 2.63. The molecule has 1 N–H and O–H groups in total. The van der Waals surface area contributed by atoms with Crippen LogP contribution < -0.4 is 10.3 Å². The lowest BCUT2D eigenvalue weighted by Crippen LogP contribution is -2.49. The van der Waals surface area contributed by atoms with Crippen molar-refractivity contribution in [2.75, 3.05) is 39.3 Å². The van der Waals surface area contributed by atoms with Crippen LogP contribution in [0.2, 0.25) is 0 Å². The summed E-state index contributed by atoms with van der Waals surface area (Å²) in [5, 5.41) is 6.09. The predicted octanol–water partition coefficient (Wildman–Crippen LogP) is 0.607. The van der Waals surface area contributed by atoms with Crippen molar-refractivity contribution in [3.05, 3.63) is 58.5 Å². The summed E-state index contributed by atoms with van der Waals surface area (Å²) >= 11 is 0. The van der Waals surface area contributed by atoms with E-state index >= 15 is 0 Å². The van der Waals surface area contributed by atoms with Crippen molar-refractivity contribution in [1.82, 2.24) is 20.0 Å². The predicted molar refractivity (Wildman–Crippen MR) is 89.1 cm³/mol. The zero-order valence-electron chi connectivity index (χ0n) is 13.4. The maximum absolute atomic E-state index is 12.3. The van der Waals surface area contributed by atoms with Gasteiger partial charge in [-0.3, -0.25) is 14.5 Å². The molecule has 2 aromatic rings. The summed E-state index contributed by atoms with van der Waals surface area (Å²) in [7, 11) is 0. The molecule has 1 aromatic carbocycles. The molecular weight excluding hydrogens is 308 g/mol. The van der Waals surface area contributed by atoms with Crippen LogP contribution in [0.4, 0.5) is 0 Å². The molecule has 0 spiro atoms. The van der Waals surface area contributed by atoms with Gasteiger partial charge in [-0.25, -0.2) is 5.10 Å². The summed E-state index contributed by atoms with van der Waals surface area (Å²) in [4.78, 5) is 27.3. The van der Waals surface area contributed by atoms with Gasteiger partial charge in [-0.2, -0.15) is 5.10 Å². The van der Waals surface area contributed by atoms with Crippen LogP contribution in [-0.2, 0) is 0 Å². The second-order valence-electron chi connectivity index (χ2n) is 5.60. The number of hydrogen-bond acceptors (Lipinski definition) is 5. The van der Waals surface area contributed by atoms with Crippen LogP contribution in [0, 0.1) is 0 Å². The van der Waals surface area contributed by atoms with Gasteiger partial charge in [-0.05, 0) is 18.2 Å². The van der Waals surface area contributed by atoms with Gasteiger partial charge in [0.15, 0.2) is 0 Å². The lowest BCUT2D eigenvalue weighted by atomic mass is 10.2. The Labute approximate surface area is 139 Å². The minimum atomic E-state index is -0.310. The van der Waals surface area contributed by atoms with E-state index in [9.17, 15) is 9.59 Å². The van der Waals surface area contributed by atoms with E-state index in [-0.39, 0.29) is 17.2 Å². The van der Waals surface area contributed by atoms with Crippen LogP contribution >= 0.6 is 0 Å². The number of nitrogens with zero attached hydrogens (tertiary/aromatic N) is 3. The Hall–Kier alpha value is -2.67. The third-order valence-corrected chi connectivity index (χ3v) is 3.98. The third kappa shape index (κ3) is 4.20. The van der Waals surface area contributed by atoms with Crippen molar-refractivity contribution in [3.63, 3.8) is 0 Å². The number of aromatic amines is 1. The van der Waals surface area contributed by atoms with E-state index in [1.807, 2.05) is 30.3 Å². The Bertz CT molecular complexity index is 704. The first-order valence-electron chi connectivity index (χ1n) is 7.97. The van der Waals surface area contributed by atoms with Gasteiger partial charge >= 0.3 is 0 Å². The highest BCUT2D eigenvalue weighted by Gasteiger charge is 2.22. The number of piperazine rings is 1. The van der Waals surface area contributed by atoms with Gasteiger partial charge in [0.2, 0.25) is 0 Å². The number of hydrogen-bond donors (Lipinski definition) is 1. The summed E-state index contributed by atoms with van der Waals surface area (Å²) in [5.41, 5.74) is -0.0368. The molecule has 1 fully saturated rings. The normalized spacial score (nSPS) is 15.2. The number of nitrogens with one attached hydrogen (secondary N) is 1. The van der Waals surface area contributed by atoms with Gasteiger partial charge in [0.1, 0.15) is 18.1 Å². The number of H-pyrrole nitrogens is 1. The van der Waals surface area contributed by atoms with Crippen molar-refractivity contribution >= 4 is 5.91 Å². The molecule has 1 saturated heterocycles. The highest BCUT2D eigenvalue weighted by Crippen LogP contribution is 2.09. The molecule has 3 rings (SSSR count). The zero-order valence-corrected chi connectivity index (χ0v) is 13.4. The lowest BCUT2D eigenvalue weighted by molar-refractivity contribution is 0.0613. The summed E-state index contributed by atoms with van der Waals surface area (Å²) in [6, 6.07) is 12.5. The van der Waals surface area contributed by atoms with E-state index in [1.54, 1.807) is 4.90 Å². The molecule has 1 amide bonds. The summed E-state index contributed by atoms with van der Waals surface area (Å²) in [6.07, 6.45) is 0. The quantitative estimate of drug-likeness (QED) is 0.870. The molecule has 0 aliphatic carbocycles. The molecule has 0 saturated carbocycles. The third-order valence-electron chi connectivity index (χ3n) is 3.98. The molecule has 2 heterocycles. The van der Waals surface area contributed by atoms with E-state index in [2.05, 4.69) is 15.1 Å². The van der Waals surface area contributed by atoms with Crippen LogP contribution in [0.1, 0.15) is 10.5 Å². The van der Waals surface area contributed by atoms with Crippen LogP contribution in [0.25, 0.3) is 0 Å². The Morgan fingerprint density at radius 3 is 2.50 bits per heavy atom. The first kappa shape index (κ1) is 16.2. The molecular formula is C17H20N4O3. The van der Waals surface area contributed by atoms with Crippen molar-refractivity contribution in [3.8, 4) is 5.75 Å². The second-order valence-corrected chi connectivity index (χ2v) is 5.60. The van der Waals surface area contributed by atoms with Crippen molar-refractivity contribution in [2.24, 2.45) is 0 Å². The highest BCUT2D eigenvalue weighted by molar-refractivity contribution is 5.92. The van der Waals surface area contributed by atoms with Gasteiger partial charge in [0.25, 0.3) is 11.5 Å². The molecule has 7 heteroatoms. The number of carbonyl (C=O) groups excluding carboxylic acids is 1. The number of rotatable bonds is 5. The van der Waals surface area contributed by atoms with Gasteiger partial charge in [0.05, 0.1) is 0 Å². The molecule has 126 valence electrons. The molecule has 0 bridgehead atoms. The van der Waals surface area contributed by atoms with E-state index in [0.717, 1.165) is 25.4 Å². The smallest absolute Gasteiger partial charge is 0.274 e. The fourth-order valence-corrected chi connectivity index (χ4v) is 2.61. The topological polar surface area (TPSA) is 78.5 Å². The summed E-state index contributed by atoms with van der Waals surface area (Å²) in [6.45, 7) is 4.34. The van der Waals surface area contributed by atoms with Crippen LogP contribution in [0.15, 0.2) is 47.3 Å². The number of amides is 1. The van der Waals surface area contributed by atoms with Gasteiger partial charge in [-0.15, -0.1) is 0 Å². The Morgan fingerprint density at radius 2 is 1.83 bits per heavy atom. The Kier molecular flexibility index (Phi) is 5.22. The lowest BCUT2D eigenvalue weighted by Gasteiger charge is -2.34. The van der Waals surface area contributed by atoms with Crippen molar-refractivity contribution < 1.29 is 9.53 Å². The molecule has 0 atom stereocenters. The van der Waals surface area contributed by atoms with Crippen molar-refractivity contribution in [1.29, 1.82) is 0 Å². The largest absolute Gasteiger partial charge is 0.492 e. The molecule has 7 nitrogen and oxygen atoms in total. The standard InChI is InChI=1S/C17H20N4O3/c22-16-7-6-15(18-19-16)17(23)21-10-8-20(9-11-21)12-13-24-14-4-2-1-3-5-14/h1-7H,8-13H2,(H,19,22). The number of benzene rings is 1. The summed E-state index contributed by atoms with van der Waals surface area (Å²) < 4.78 is 5.70. The first-order valence-corrected chi connectivity index (χ1v) is 7.97. The Balaban J connectivity index is 1.43. The Morgan fingerprint density at radius 1 is 1.08 bits per heavy atom. The van der Waals surface area contributed by atoms with Crippen molar-refractivity contribution in [2.45, 2.75) is 0 Å². The van der Waals surface area contributed by atoms with Crippen LogP contribution in [0.5, 0.6) is 5.75 Å². The molecule has 1 aromatic heterocycles. The minimum absolute atomic E-state index is 0.147. The van der Waals surface area contributed by atoms with Crippen LogP contribution in [-0.4, -0.2) is 65.2 Å². The SMILES string of the molecule is O=C(c1ccc(=O)[nH]n1)N1CCN(CCOc2ccccc2)CC1. The van der Waals surface area contributed by atoms with Gasteiger partial charge in [-0.1, -0.05) is 18.2 Å². The number of aromatic nitrogens is 2.